The van der Waals surface area contributed by atoms with E-state index in [1.807, 2.05) is 26.0 Å². The topological polar surface area (TPSA) is 70.3 Å². The maximum absolute atomic E-state index is 6.31. The molecule has 1 atom stereocenters. The van der Waals surface area contributed by atoms with Crippen LogP contribution in [0.15, 0.2) is 24.5 Å². The van der Waals surface area contributed by atoms with Crippen LogP contribution in [0.4, 0.5) is 0 Å². The molecular weight excluding hydrogens is 254 g/mol. The van der Waals surface area contributed by atoms with Gasteiger partial charge in [-0.25, -0.2) is 9.97 Å². The molecule has 0 aliphatic carbocycles. The van der Waals surface area contributed by atoms with Gasteiger partial charge in [0.05, 0.1) is 26.0 Å². The minimum atomic E-state index is -0.323. The molecule has 2 N–H and O–H groups in total. The van der Waals surface area contributed by atoms with E-state index in [1.54, 1.807) is 20.3 Å². The minimum Gasteiger partial charge on any atom is -0.496 e. The fourth-order valence-electron chi connectivity index (χ4n) is 2.16. The van der Waals surface area contributed by atoms with Crippen LogP contribution in [0, 0.1) is 13.8 Å². The van der Waals surface area contributed by atoms with Crippen LogP contribution in [0.2, 0.25) is 0 Å². The highest BCUT2D eigenvalue weighted by atomic mass is 16.5. The molecule has 1 unspecified atom stereocenters. The summed E-state index contributed by atoms with van der Waals surface area (Å²) in [6, 6.07) is 5.46. The van der Waals surface area contributed by atoms with E-state index in [0.717, 1.165) is 28.1 Å². The predicted octanol–water partition coefficient (Wildman–Crippen LogP) is 2.16. The van der Waals surface area contributed by atoms with Gasteiger partial charge in [-0.1, -0.05) is 6.07 Å². The fourth-order valence-corrected chi connectivity index (χ4v) is 2.16. The second-order valence-electron chi connectivity index (χ2n) is 4.64. The second-order valence-corrected chi connectivity index (χ2v) is 4.64. The monoisotopic (exact) mass is 273 g/mol. The van der Waals surface area contributed by atoms with E-state index < -0.39 is 0 Å². The quantitative estimate of drug-likeness (QED) is 0.924. The number of rotatable bonds is 4. The highest BCUT2D eigenvalue weighted by Crippen LogP contribution is 2.28. The Morgan fingerprint density at radius 3 is 2.40 bits per heavy atom. The highest BCUT2D eigenvalue weighted by molar-refractivity contribution is 5.44. The molecule has 5 nitrogen and oxygen atoms in total. The van der Waals surface area contributed by atoms with E-state index >= 15 is 0 Å². The molecule has 1 aromatic carbocycles. The molecule has 1 heterocycles. The van der Waals surface area contributed by atoms with Crippen LogP contribution in [-0.2, 0) is 0 Å². The zero-order valence-electron chi connectivity index (χ0n) is 12.2. The van der Waals surface area contributed by atoms with Gasteiger partial charge in [0, 0.05) is 6.07 Å². The number of benzene rings is 1. The third kappa shape index (κ3) is 2.72. The second kappa shape index (κ2) is 5.88. The van der Waals surface area contributed by atoms with Gasteiger partial charge in [-0.05, 0) is 36.6 Å². The molecule has 2 aromatic rings. The summed E-state index contributed by atoms with van der Waals surface area (Å²) in [5, 5.41) is 0. The molecule has 2 rings (SSSR count). The third-order valence-electron chi connectivity index (χ3n) is 3.31. The molecule has 20 heavy (non-hydrogen) atoms. The number of aromatic nitrogens is 2. The SMILES string of the molecule is COc1cc(C(N)c2cc(C)c(OC)cc2C)ncn1. The average molecular weight is 273 g/mol. The van der Waals surface area contributed by atoms with Crippen molar-refractivity contribution in [1.82, 2.24) is 9.97 Å². The van der Waals surface area contributed by atoms with Crippen molar-refractivity contribution in [2.45, 2.75) is 19.9 Å². The Morgan fingerprint density at radius 2 is 1.75 bits per heavy atom. The molecule has 1 aromatic heterocycles. The molecule has 5 heteroatoms. The van der Waals surface area contributed by atoms with Gasteiger partial charge in [-0.2, -0.15) is 0 Å². The van der Waals surface area contributed by atoms with Gasteiger partial charge in [0.2, 0.25) is 5.88 Å². The smallest absolute Gasteiger partial charge is 0.216 e. The standard InChI is InChI=1S/C15H19N3O2/c1-9-6-13(19-3)10(2)5-11(9)15(16)12-7-14(20-4)18-8-17-12/h5-8,15H,16H2,1-4H3. The molecule has 0 radical (unpaired) electrons. The van der Waals surface area contributed by atoms with Crippen LogP contribution in [0.3, 0.4) is 0 Å². The Labute approximate surface area is 118 Å². The van der Waals surface area contributed by atoms with Gasteiger partial charge in [0.15, 0.2) is 0 Å². The van der Waals surface area contributed by atoms with Crippen LogP contribution >= 0.6 is 0 Å². The lowest BCUT2D eigenvalue weighted by molar-refractivity contribution is 0.395. The van der Waals surface area contributed by atoms with Crippen LogP contribution in [-0.4, -0.2) is 24.2 Å². The first-order chi connectivity index (χ1) is 9.56. The first-order valence-corrected chi connectivity index (χ1v) is 6.33. The van der Waals surface area contributed by atoms with Gasteiger partial charge >= 0.3 is 0 Å². The zero-order valence-corrected chi connectivity index (χ0v) is 12.2. The van der Waals surface area contributed by atoms with Crippen LogP contribution in [0.5, 0.6) is 11.6 Å². The number of aryl methyl sites for hydroxylation is 2. The summed E-state index contributed by atoms with van der Waals surface area (Å²) in [5.74, 6) is 1.37. The summed E-state index contributed by atoms with van der Waals surface area (Å²) in [6.07, 6.45) is 1.46. The zero-order chi connectivity index (χ0) is 14.7. The Kier molecular flexibility index (Phi) is 4.20. The molecule has 0 saturated carbocycles. The van der Waals surface area contributed by atoms with E-state index in [2.05, 4.69) is 9.97 Å². The molecule has 0 amide bonds. The predicted molar refractivity (Wildman–Crippen MR) is 77.1 cm³/mol. The van der Waals surface area contributed by atoms with Crippen LogP contribution < -0.4 is 15.2 Å². The van der Waals surface area contributed by atoms with Gasteiger partial charge < -0.3 is 15.2 Å². The highest BCUT2D eigenvalue weighted by Gasteiger charge is 2.16. The Morgan fingerprint density at radius 1 is 1.00 bits per heavy atom. The molecule has 106 valence electrons. The Hall–Kier alpha value is -2.14. The van der Waals surface area contributed by atoms with Crippen molar-refractivity contribution < 1.29 is 9.47 Å². The van der Waals surface area contributed by atoms with E-state index in [0.29, 0.717) is 5.88 Å². The van der Waals surface area contributed by atoms with Gasteiger partial charge in [-0.3, -0.25) is 0 Å². The van der Waals surface area contributed by atoms with Crippen molar-refractivity contribution in [3.05, 3.63) is 46.9 Å². The Balaban J connectivity index is 2.42. The van der Waals surface area contributed by atoms with Gasteiger partial charge in [0.1, 0.15) is 12.1 Å². The number of ether oxygens (including phenoxy) is 2. The first-order valence-electron chi connectivity index (χ1n) is 6.33. The maximum atomic E-state index is 6.31. The maximum Gasteiger partial charge on any atom is 0.216 e. The molecule has 0 saturated heterocycles. The Bertz CT molecular complexity index is 614. The summed E-state index contributed by atoms with van der Waals surface area (Å²) >= 11 is 0. The number of methoxy groups -OCH3 is 2. The van der Waals surface area contributed by atoms with Crippen molar-refractivity contribution in [3.8, 4) is 11.6 Å². The largest absolute Gasteiger partial charge is 0.496 e. The fraction of sp³-hybridized carbons (Fsp3) is 0.333. The number of nitrogens with two attached hydrogens (primary N) is 1. The molecule has 0 fully saturated rings. The lowest BCUT2D eigenvalue weighted by Gasteiger charge is -2.17. The molecular formula is C15H19N3O2. The van der Waals surface area contributed by atoms with Crippen molar-refractivity contribution in [1.29, 1.82) is 0 Å². The summed E-state index contributed by atoms with van der Waals surface area (Å²) in [4.78, 5) is 8.22. The van der Waals surface area contributed by atoms with Gasteiger partial charge in [0.25, 0.3) is 0 Å². The first kappa shape index (κ1) is 14.3. The van der Waals surface area contributed by atoms with Crippen LogP contribution in [0.1, 0.15) is 28.4 Å². The van der Waals surface area contributed by atoms with Crippen molar-refractivity contribution in [2.24, 2.45) is 5.73 Å². The van der Waals surface area contributed by atoms with Crippen molar-refractivity contribution in [3.63, 3.8) is 0 Å². The number of hydrogen-bond acceptors (Lipinski definition) is 5. The van der Waals surface area contributed by atoms with E-state index in [9.17, 15) is 0 Å². The summed E-state index contributed by atoms with van der Waals surface area (Å²) in [6.45, 7) is 4.00. The minimum absolute atomic E-state index is 0.323. The summed E-state index contributed by atoms with van der Waals surface area (Å²) in [7, 11) is 3.23. The third-order valence-corrected chi connectivity index (χ3v) is 3.31. The summed E-state index contributed by atoms with van der Waals surface area (Å²) < 4.78 is 10.4. The normalized spacial score (nSPS) is 12.1. The van der Waals surface area contributed by atoms with Crippen LogP contribution in [0.25, 0.3) is 0 Å². The van der Waals surface area contributed by atoms with Gasteiger partial charge in [-0.15, -0.1) is 0 Å². The average Bonchev–Trinajstić information content (AvgIpc) is 2.48. The van der Waals surface area contributed by atoms with Crippen molar-refractivity contribution in [2.75, 3.05) is 14.2 Å². The lowest BCUT2D eigenvalue weighted by atomic mass is 9.96. The number of nitrogens with zero attached hydrogens (tertiary/aromatic N) is 2. The number of hydrogen-bond donors (Lipinski definition) is 1. The molecule has 0 bridgehead atoms. The lowest BCUT2D eigenvalue weighted by Crippen LogP contribution is -2.15. The van der Waals surface area contributed by atoms with E-state index in [4.69, 9.17) is 15.2 Å². The molecule has 0 spiro atoms. The van der Waals surface area contributed by atoms with E-state index in [-0.39, 0.29) is 6.04 Å². The molecule has 0 aliphatic heterocycles. The van der Waals surface area contributed by atoms with Crippen molar-refractivity contribution >= 4 is 0 Å². The summed E-state index contributed by atoms with van der Waals surface area (Å²) in [5.41, 5.74) is 10.2. The molecule has 0 aliphatic rings. The van der Waals surface area contributed by atoms with E-state index in [1.165, 1.54) is 6.33 Å².